The average Bonchev–Trinajstić information content (AvgIpc) is 2.75. The van der Waals surface area contributed by atoms with Crippen molar-refractivity contribution in [3.63, 3.8) is 0 Å². The summed E-state index contributed by atoms with van der Waals surface area (Å²) in [5.41, 5.74) is 0.631. The molecule has 3 rings (SSSR count). The van der Waals surface area contributed by atoms with Crippen LogP contribution in [0, 0.1) is 0 Å². The van der Waals surface area contributed by atoms with Gasteiger partial charge in [0.2, 0.25) is 0 Å². The summed E-state index contributed by atoms with van der Waals surface area (Å²) in [7, 11) is 0. The van der Waals surface area contributed by atoms with Crippen molar-refractivity contribution < 1.29 is 18.3 Å². The van der Waals surface area contributed by atoms with Crippen LogP contribution in [0.2, 0.25) is 0 Å². The number of hydrogen-bond acceptors (Lipinski definition) is 6. The van der Waals surface area contributed by atoms with Gasteiger partial charge in [0.1, 0.15) is 11.6 Å². The summed E-state index contributed by atoms with van der Waals surface area (Å²) in [6.07, 6.45) is 4.59. The van der Waals surface area contributed by atoms with Crippen molar-refractivity contribution in [1.29, 1.82) is 0 Å². The van der Waals surface area contributed by atoms with Crippen LogP contribution in [0.25, 0.3) is 11.1 Å². The molecule has 4 N–H and O–H groups in total. The molecule has 158 valence electrons. The molecule has 3 aromatic rings. The van der Waals surface area contributed by atoms with Crippen molar-refractivity contribution in [3.8, 4) is 16.9 Å². The molecule has 0 bridgehead atoms. The highest BCUT2D eigenvalue weighted by Gasteiger charge is 2.27. The molecule has 0 unspecified atom stereocenters. The summed E-state index contributed by atoms with van der Waals surface area (Å²) in [4.78, 5) is 20.7. The van der Waals surface area contributed by atoms with Crippen LogP contribution >= 0.6 is 11.6 Å². The summed E-state index contributed by atoms with van der Waals surface area (Å²) >= 11 is 4.71. The molecule has 0 aliphatic rings. The minimum absolute atomic E-state index is 0.142. The molecular weight excluding hydrogens is 416 g/mol. The van der Waals surface area contributed by atoms with E-state index < -0.39 is 11.5 Å². The highest BCUT2D eigenvalue weighted by molar-refractivity contribution is 6.20. The third-order valence-electron chi connectivity index (χ3n) is 3.60. The van der Waals surface area contributed by atoms with Gasteiger partial charge in [-0.1, -0.05) is 19.9 Å². The normalized spacial score (nSPS) is 10.5. The maximum absolute atomic E-state index is 12.6. The number of carbonyl (C=O) groups is 1. The third-order valence-corrected chi connectivity index (χ3v) is 3.68. The van der Waals surface area contributed by atoms with Crippen LogP contribution in [0.3, 0.4) is 0 Å². The molecule has 0 saturated heterocycles. The second kappa shape index (κ2) is 10.5. The maximum atomic E-state index is 12.6. The maximum Gasteiger partial charge on any atom is 0.487 e. The van der Waals surface area contributed by atoms with Gasteiger partial charge in [0.15, 0.2) is 0 Å². The first kappa shape index (κ1) is 23.0. The number of nitrogens with two attached hydrogens (primary N) is 1. The van der Waals surface area contributed by atoms with E-state index in [-0.39, 0.29) is 11.3 Å². The Bertz CT molecular complexity index is 967. The molecule has 2 heterocycles. The van der Waals surface area contributed by atoms with E-state index in [0.29, 0.717) is 17.1 Å². The molecule has 30 heavy (non-hydrogen) atoms. The number of aromatic nitrogens is 2. The molecule has 0 atom stereocenters. The number of halogens is 3. The van der Waals surface area contributed by atoms with Gasteiger partial charge in [-0.3, -0.25) is 9.78 Å². The number of pyridine rings is 2. The number of amides is 1. The predicted molar refractivity (Wildman–Crippen MR) is 112 cm³/mol. The Hall–Kier alpha value is -3.30. The minimum atomic E-state index is -3.81. The quantitative estimate of drug-likeness (QED) is 0.290. The molecule has 10 heteroatoms. The van der Waals surface area contributed by atoms with Gasteiger partial charge in [0.25, 0.3) is 5.91 Å². The van der Waals surface area contributed by atoms with Gasteiger partial charge >= 0.3 is 5.57 Å². The van der Waals surface area contributed by atoms with Gasteiger partial charge in [-0.25, -0.2) is 10.8 Å². The van der Waals surface area contributed by atoms with Crippen LogP contribution in [-0.2, 0) is 0 Å². The van der Waals surface area contributed by atoms with E-state index >= 15 is 0 Å². The molecule has 0 fully saturated rings. The predicted octanol–water partition coefficient (Wildman–Crippen LogP) is 4.88. The van der Waals surface area contributed by atoms with E-state index in [2.05, 4.69) is 25.4 Å². The zero-order valence-electron chi connectivity index (χ0n) is 16.2. The summed E-state index contributed by atoms with van der Waals surface area (Å²) in [5, 5.41) is 2.64. The van der Waals surface area contributed by atoms with E-state index in [9.17, 15) is 13.6 Å². The number of nitrogens with one attached hydrogen (secondary N) is 2. The molecule has 0 radical (unpaired) electrons. The van der Waals surface area contributed by atoms with Crippen LogP contribution in [0.5, 0.6) is 5.75 Å². The number of anilines is 2. The molecule has 0 aliphatic carbocycles. The molecule has 0 aliphatic heterocycles. The minimum Gasteiger partial charge on any atom is -0.420 e. The number of nitrogens with zero attached hydrogens (tertiary/aromatic N) is 2. The summed E-state index contributed by atoms with van der Waals surface area (Å²) in [5.74, 6) is 5.28. The molecule has 0 saturated carbocycles. The van der Waals surface area contributed by atoms with Crippen molar-refractivity contribution in [1.82, 2.24) is 9.97 Å². The number of hydrogen-bond donors (Lipinski definition) is 3. The summed E-state index contributed by atoms with van der Waals surface area (Å²) in [6, 6.07) is 10.5. The zero-order chi connectivity index (χ0) is 22.1. The summed E-state index contributed by atoms with van der Waals surface area (Å²) in [6.45, 7) is 4.00. The zero-order valence-corrected chi connectivity index (χ0v) is 17.0. The standard InChI is InChI=1S/C18H14ClF2N5O2.C2H6/c19-18(20,21)28-14-5-3-13(4-6-14)25-17(27)12-8-15(16(26-22)24-10-12)11-2-1-7-23-9-11;1-2/h1-10H,22H2,(H,24,26)(H,25,27);1-2H3. The van der Waals surface area contributed by atoms with Gasteiger partial charge in [-0.15, -0.1) is 8.78 Å². The number of carbonyl (C=O) groups excluding carboxylic acids is 1. The largest absolute Gasteiger partial charge is 0.487 e. The number of hydrazine groups is 1. The van der Waals surface area contributed by atoms with Crippen LogP contribution in [0.15, 0.2) is 61.1 Å². The molecular formula is C20H20ClF2N5O2. The van der Waals surface area contributed by atoms with Crippen molar-refractivity contribution in [3.05, 3.63) is 66.6 Å². The molecule has 0 spiro atoms. The lowest BCUT2D eigenvalue weighted by molar-refractivity contribution is -0.0964. The average molecular weight is 436 g/mol. The second-order valence-electron chi connectivity index (χ2n) is 5.53. The Balaban J connectivity index is 0.00000155. The van der Waals surface area contributed by atoms with Gasteiger partial charge in [0, 0.05) is 47.0 Å². The highest BCUT2D eigenvalue weighted by Crippen LogP contribution is 2.28. The smallest absolute Gasteiger partial charge is 0.420 e. The number of rotatable bonds is 6. The van der Waals surface area contributed by atoms with Crippen molar-refractivity contribution in [2.24, 2.45) is 5.84 Å². The Morgan fingerprint density at radius 2 is 1.87 bits per heavy atom. The van der Waals surface area contributed by atoms with Crippen LogP contribution in [-0.4, -0.2) is 21.4 Å². The lowest BCUT2D eigenvalue weighted by Crippen LogP contribution is -2.16. The number of nitrogen functional groups attached to an aromatic ring is 1. The van der Waals surface area contributed by atoms with Crippen LogP contribution < -0.4 is 21.3 Å². The fraction of sp³-hybridized carbons (Fsp3) is 0.150. The fourth-order valence-electron chi connectivity index (χ4n) is 2.39. The third kappa shape index (κ3) is 6.36. The van der Waals surface area contributed by atoms with Gasteiger partial charge in [-0.2, -0.15) is 0 Å². The number of benzene rings is 1. The summed E-state index contributed by atoms with van der Waals surface area (Å²) < 4.78 is 29.5. The Morgan fingerprint density at radius 1 is 1.17 bits per heavy atom. The van der Waals surface area contributed by atoms with Gasteiger partial charge < -0.3 is 15.5 Å². The van der Waals surface area contributed by atoms with Crippen LogP contribution in [0.4, 0.5) is 20.3 Å². The highest BCUT2D eigenvalue weighted by atomic mass is 35.5. The van der Waals surface area contributed by atoms with E-state index in [0.717, 1.165) is 5.56 Å². The first-order valence-corrected chi connectivity index (χ1v) is 9.28. The lowest BCUT2D eigenvalue weighted by Gasteiger charge is -2.12. The molecule has 7 nitrogen and oxygen atoms in total. The van der Waals surface area contributed by atoms with E-state index in [1.54, 1.807) is 30.6 Å². The topological polar surface area (TPSA) is 102 Å². The molecule has 1 aromatic carbocycles. The first-order chi connectivity index (χ1) is 14.4. The Morgan fingerprint density at radius 3 is 2.43 bits per heavy atom. The first-order valence-electron chi connectivity index (χ1n) is 8.90. The van der Waals surface area contributed by atoms with E-state index in [4.69, 9.17) is 17.4 Å². The lowest BCUT2D eigenvalue weighted by atomic mass is 10.1. The van der Waals surface area contributed by atoms with Gasteiger partial charge in [0.05, 0.1) is 5.56 Å². The van der Waals surface area contributed by atoms with Crippen molar-refractivity contribution in [2.45, 2.75) is 19.4 Å². The van der Waals surface area contributed by atoms with Crippen molar-refractivity contribution in [2.75, 3.05) is 10.7 Å². The number of ether oxygens (including phenoxy) is 1. The fourth-order valence-corrected chi connectivity index (χ4v) is 2.48. The van der Waals surface area contributed by atoms with Crippen LogP contribution in [0.1, 0.15) is 24.2 Å². The van der Waals surface area contributed by atoms with Gasteiger partial charge in [-0.05, 0) is 36.4 Å². The van der Waals surface area contributed by atoms with E-state index in [1.165, 1.54) is 30.5 Å². The Kier molecular flexibility index (Phi) is 8.02. The van der Waals surface area contributed by atoms with Crippen molar-refractivity contribution >= 4 is 29.0 Å². The van der Waals surface area contributed by atoms with E-state index in [1.807, 2.05) is 13.8 Å². The number of alkyl halides is 3. The molecule has 2 aromatic heterocycles. The molecule has 1 amide bonds. The Labute approximate surface area is 177 Å². The SMILES string of the molecule is CC.NNc1ncc(C(=O)Nc2ccc(OC(F)(F)Cl)cc2)cc1-c1cccnc1. The monoisotopic (exact) mass is 435 g/mol. The second-order valence-corrected chi connectivity index (χ2v) is 5.97.